The number of amides is 1. The van der Waals surface area contributed by atoms with E-state index in [-0.39, 0.29) is 12.3 Å². The highest BCUT2D eigenvalue weighted by Gasteiger charge is 2.27. The third-order valence-corrected chi connectivity index (χ3v) is 7.81. The minimum Gasteiger partial charge on any atom is -0.497 e. The highest BCUT2D eigenvalue weighted by atomic mass is 32.2. The number of esters is 1. The number of ether oxygens (including phenoxy) is 2. The average Bonchev–Trinajstić information content (AvgIpc) is 3.29. The third-order valence-electron chi connectivity index (χ3n) is 5.57. The number of thiophene rings is 1. The fraction of sp³-hybridized carbons (Fsp3) is 0.391. The highest BCUT2D eigenvalue weighted by molar-refractivity contribution is 7.99. The van der Waals surface area contributed by atoms with E-state index in [0.29, 0.717) is 32.8 Å². The molecule has 0 radical (unpaired) electrons. The zero-order valence-electron chi connectivity index (χ0n) is 19.0. The maximum Gasteiger partial charge on any atom is 0.442 e. The normalized spacial score (nSPS) is 13.1. The van der Waals surface area contributed by atoms with Crippen molar-refractivity contribution in [1.29, 1.82) is 0 Å². The lowest BCUT2D eigenvalue weighted by molar-refractivity contribution is -0.704. The highest BCUT2D eigenvalue weighted by Crippen LogP contribution is 2.38. The number of rotatable bonds is 8. The van der Waals surface area contributed by atoms with Gasteiger partial charge >= 0.3 is 16.6 Å². The van der Waals surface area contributed by atoms with Crippen LogP contribution < -0.4 is 20.4 Å². The van der Waals surface area contributed by atoms with E-state index >= 15 is 0 Å². The summed E-state index contributed by atoms with van der Waals surface area (Å²) in [5, 5.41) is 6.35. The number of hydrogen-bond acceptors (Lipinski definition) is 8. The zero-order chi connectivity index (χ0) is 24.1. The lowest BCUT2D eigenvalue weighted by Crippen LogP contribution is -2.36. The maximum atomic E-state index is 12.7. The van der Waals surface area contributed by atoms with Crippen LogP contribution in [0.25, 0.3) is 5.69 Å². The number of anilines is 1. The molecule has 1 aliphatic carbocycles. The predicted octanol–water partition coefficient (Wildman–Crippen LogP) is 3.49. The van der Waals surface area contributed by atoms with E-state index in [1.54, 1.807) is 31.4 Å². The molecule has 11 heteroatoms. The van der Waals surface area contributed by atoms with Crippen molar-refractivity contribution >= 4 is 40.0 Å². The number of aromatic nitrogens is 2. The number of H-pyrrole nitrogens is 1. The van der Waals surface area contributed by atoms with Crippen LogP contribution in [0.15, 0.2) is 38.6 Å². The average molecular weight is 505 g/mol. The summed E-state index contributed by atoms with van der Waals surface area (Å²) in [5.74, 6) is 0.390. The Morgan fingerprint density at radius 1 is 1.18 bits per heavy atom. The Labute approximate surface area is 204 Å². The van der Waals surface area contributed by atoms with Gasteiger partial charge in [-0.3, -0.25) is 9.32 Å². The molecule has 180 valence electrons. The molecule has 4 rings (SSSR count). The molecule has 3 aromatic rings. The smallest absolute Gasteiger partial charge is 0.442 e. The molecule has 2 aromatic heterocycles. The number of carbonyl (C=O) groups is 2. The second-order valence-corrected chi connectivity index (χ2v) is 9.91. The van der Waals surface area contributed by atoms with E-state index in [2.05, 4.69) is 10.6 Å². The van der Waals surface area contributed by atoms with Gasteiger partial charge in [0.1, 0.15) is 10.8 Å². The van der Waals surface area contributed by atoms with Crippen LogP contribution in [-0.2, 0) is 22.4 Å². The molecule has 9 nitrogen and oxygen atoms in total. The lowest BCUT2D eigenvalue weighted by Gasteiger charge is -2.07. The van der Waals surface area contributed by atoms with Gasteiger partial charge in [-0.2, -0.15) is 0 Å². The number of nitrogens with zero attached hydrogens (tertiary/aromatic N) is 1. The van der Waals surface area contributed by atoms with Crippen LogP contribution >= 0.6 is 23.1 Å². The summed E-state index contributed by atoms with van der Waals surface area (Å²) in [6.45, 7) is 0. The molecular weight excluding hydrogens is 478 g/mol. The minimum atomic E-state index is -0.517. The topological polar surface area (TPSA) is 115 Å². The first kappa shape index (κ1) is 24.1. The second kappa shape index (κ2) is 10.9. The lowest BCUT2D eigenvalue weighted by atomic mass is 10.1. The quantitative estimate of drug-likeness (QED) is 0.209. The fourth-order valence-electron chi connectivity index (χ4n) is 3.87. The van der Waals surface area contributed by atoms with E-state index in [0.717, 1.165) is 42.5 Å². The van der Waals surface area contributed by atoms with Crippen LogP contribution in [0.2, 0.25) is 0 Å². The number of aryl methyl sites for hydroxylation is 1. The summed E-state index contributed by atoms with van der Waals surface area (Å²) < 4.78 is 16.6. The molecule has 0 unspecified atom stereocenters. The molecule has 1 aromatic carbocycles. The van der Waals surface area contributed by atoms with Crippen LogP contribution in [-0.4, -0.2) is 37.1 Å². The van der Waals surface area contributed by atoms with Crippen LogP contribution in [0.1, 0.15) is 46.5 Å². The molecular formula is C23H26N3O6S2+. The van der Waals surface area contributed by atoms with Crippen molar-refractivity contribution in [3.63, 3.8) is 0 Å². The van der Waals surface area contributed by atoms with Gasteiger partial charge in [0, 0.05) is 29.2 Å². The summed E-state index contributed by atoms with van der Waals surface area (Å²) in [5.41, 5.74) is 1.66. The largest absolute Gasteiger partial charge is 0.497 e. The van der Waals surface area contributed by atoms with Gasteiger partial charge in [0.05, 0.1) is 19.8 Å². The SMILES string of the molecule is COC(=O)c1c(NC(=O)CCSc2c(=O)o[nH][n+]2-c2ccc(OC)cc2)sc2c1CCCCC2. The molecule has 0 spiro atoms. The standard InChI is InChI=1S/C23H25N3O6S2/c1-30-15-10-8-14(9-11-15)26-21(23(29)32-25-26)33-13-12-18(27)24-20-19(22(28)31-2)16-6-4-3-5-7-17(16)34-20/h8-11H,3-7,12-13H2,1-2H3,(H-,24,25,27,28,29)/p+1. The first-order valence-corrected chi connectivity index (χ1v) is 12.8. The molecule has 2 heterocycles. The molecule has 0 saturated heterocycles. The predicted molar refractivity (Wildman–Crippen MR) is 128 cm³/mol. The number of nitrogens with one attached hydrogen (secondary N) is 2. The van der Waals surface area contributed by atoms with Crippen molar-refractivity contribution < 1.29 is 28.3 Å². The number of hydrogen-bond donors (Lipinski definition) is 2. The van der Waals surface area contributed by atoms with Crippen molar-refractivity contribution in [2.24, 2.45) is 0 Å². The zero-order valence-corrected chi connectivity index (χ0v) is 20.6. The van der Waals surface area contributed by atoms with Crippen LogP contribution in [0.4, 0.5) is 5.00 Å². The third kappa shape index (κ3) is 5.20. The van der Waals surface area contributed by atoms with Crippen molar-refractivity contribution in [2.45, 2.75) is 43.6 Å². The van der Waals surface area contributed by atoms with Gasteiger partial charge in [-0.05, 0) is 65.1 Å². The van der Waals surface area contributed by atoms with Crippen LogP contribution in [0, 0.1) is 0 Å². The Morgan fingerprint density at radius 3 is 2.68 bits per heavy atom. The minimum absolute atomic E-state index is 0.154. The van der Waals surface area contributed by atoms with Gasteiger partial charge < -0.3 is 14.8 Å². The molecule has 0 fully saturated rings. The number of benzene rings is 1. The molecule has 0 bridgehead atoms. The van der Waals surface area contributed by atoms with Crippen molar-refractivity contribution in [2.75, 3.05) is 25.3 Å². The fourth-order valence-corrected chi connectivity index (χ4v) is 6.07. The second-order valence-electron chi connectivity index (χ2n) is 7.73. The molecule has 0 saturated carbocycles. The summed E-state index contributed by atoms with van der Waals surface area (Å²) in [6, 6.07) is 7.13. The van der Waals surface area contributed by atoms with Crippen molar-refractivity contribution in [3.8, 4) is 11.4 Å². The van der Waals surface area contributed by atoms with Gasteiger partial charge in [-0.25, -0.2) is 9.59 Å². The van der Waals surface area contributed by atoms with E-state index in [1.165, 1.54) is 34.9 Å². The molecule has 0 atom stereocenters. The molecule has 1 amide bonds. The van der Waals surface area contributed by atoms with E-state index in [4.69, 9.17) is 14.0 Å². The first-order chi connectivity index (χ1) is 16.5. The monoisotopic (exact) mass is 504 g/mol. The Hall–Kier alpha value is -3.05. The first-order valence-electron chi connectivity index (χ1n) is 10.9. The molecule has 0 aliphatic heterocycles. The number of fused-ring (bicyclic) bond motifs is 1. The number of methoxy groups -OCH3 is 2. The van der Waals surface area contributed by atoms with Gasteiger partial charge in [-0.15, -0.1) is 11.3 Å². The molecule has 2 N–H and O–H groups in total. The number of thioether (sulfide) groups is 1. The van der Waals surface area contributed by atoms with Gasteiger partial charge in [-0.1, -0.05) is 6.42 Å². The number of carbonyl (C=O) groups excluding carboxylic acids is 2. The van der Waals surface area contributed by atoms with Gasteiger partial charge in [0.25, 0.3) is 0 Å². The van der Waals surface area contributed by atoms with Crippen LogP contribution in [0.5, 0.6) is 5.75 Å². The summed E-state index contributed by atoms with van der Waals surface area (Å²) in [7, 11) is 2.93. The maximum absolute atomic E-state index is 12.7. The Kier molecular flexibility index (Phi) is 7.73. The molecule has 34 heavy (non-hydrogen) atoms. The Bertz CT molecular complexity index is 1230. The Balaban J connectivity index is 1.43. The van der Waals surface area contributed by atoms with Gasteiger partial charge in [0.15, 0.2) is 0 Å². The molecule has 1 aliphatic rings. The summed E-state index contributed by atoms with van der Waals surface area (Å²) >= 11 is 2.67. The summed E-state index contributed by atoms with van der Waals surface area (Å²) in [6.07, 6.45) is 5.10. The van der Waals surface area contributed by atoms with Crippen molar-refractivity contribution in [3.05, 3.63) is 50.7 Å². The van der Waals surface area contributed by atoms with E-state index in [9.17, 15) is 14.4 Å². The van der Waals surface area contributed by atoms with Gasteiger partial charge in [0.2, 0.25) is 11.6 Å². The van der Waals surface area contributed by atoms with Crippen molar-refractivity contribution in [1.82, 2.24) is 5.27 Å². The number of aromatic amines is 1. The van der Waals surface area contributed by atoms with Crippen LogP contribution in [0.3, 0.4) is 0 Å². The Morgan fingerprint density at radius 2 is 1.94 bits per heavy atom. The summed E-state index contributed by atoms with van der Waals surface area (Å²) in [4.78, 5) is 38.5. The van der Waals surface area contributed by atoms with E-state index < -0.39 is 11.6 Å². The van der Waals surface area contributed by atoms with E-state index in [1.807, 2.05) is 0 Å².